The fourth-order valence-electron chi connectivity index (χ4n) is 1.70. The summed E-state index contributed by atoms with van der Waals surface area (Å²) in [6.45, 7) is 2.69. The summed E-state index contributed by atoms with van der Waals surface area (Å²) in [7, 11) is 0. The van der Waals surface area contributed by atoms with Gasteiger partial charge in [0.1, 0.15) is 0 Å². The normalized spacial score (nSPS) is 10.6. The lowest BCUT2D eigenvalue weighted by Crippen LogP contribution is -2.40. The van der Waals surface area contributed by atoms with E-state index in [9.17, 15) is 9.59 Å². The number of rotatable bonds is 3. The number of nitrogens with zero attached hydrogens (tertiary/aromatic N) is 2. The van der Waals surface area contributed by atoms with Gasteiger partial charge in [0.25, 0.3) is 0 Å². The largest absolute Gasteiger partial charge is 0.316 e. The molecule has 1 aromatic heterocycles. The first kappa shape index (κ1) is 12.6. The third-order valence-corrected chi connectivity index (χ3v) is 2.99. The second kappa shape index (κ2) is 5.23. The number of halogens is 1. The highest BCUT2D eigenvalue weighted by atomic mass is 35.5. The molecular weight excluding hydrogens is 252 g/mol. The molecule has 0 amide bonds. The molecule has 0 N–H and O–H groups in total. The van der Waals surface area contributed by atoms with Crippen molar-refractivity contribution < 1.29 is 0 Å². The topological polar surface area (TPSA) is 44.0 Å². The zero-order valence-electron chi connectivity index (χ0n) is 9.97. The van der Waals surface area contributed by atoms with Crippen LogP contribution in [0.15, 0.2) is 46.2 Å². The van der Waals surface area contributed by atoms with E-state index in [-0.39, 0.29) is 0 Å². The molecule has 0 aliphatic rings. The predicted molar refractivity (Wildman–Crippen MR) is 71.2 cm³/mol. The highest BCUT2D eigenvalue weighted by Crippen LogP contribution is 2.09. The van der Waals surface area contributed by atoms with Crippen molar-refractivity contribution in [2.24, 2.45) is 0 Å². The van der Waals surface area contributed by atoms with Crippen LogP contribution in [0.5, 0.6) is 0 Å². The maximum Gasteiger partial charge on any atom is 0.316 e. The first-order chi connectivity index (χ1) is 8.61. The van der Waals surface area contributed by atoms with Crippen LogP contribution in [0.2, 0.25) is 5.02 Å². The van der Waals surface area contributed by atoms with Crippen molar-refractivity contribution in [3.63, 3.8) is 0 Å². The van der Waals surface area contributed by atoms with Gasteiger partial charge in [0.15, 0.2) is 0 Å². The lowest BCUT2D eigenvalue weighted by molar-refractivity contribution is 0.651. The molecule has 0 fully saturated rings. The molecule has 0 radical (unpaired) electrons. The maximum atomic E-state index is 11.8. The zero-order chi connectivity index (χ0) is 13.1. The summed E-state index contributed by atoms with van der Waals surface area (Å²) in [5.74, 6) is 0. The third-order valence-electron chi connectivity index (χ3n) is 2.74. The van der Waals surface area contributed by atoms with Gasteiger partial charge >= 0.3 is 11.1 Å². The van der Waals surface area contributed by atoms with Gasteiger partial charge in [0, 0.05) is 24.0 Å². The number of aromatic nitrogens is 2. The molecule has 5 heteroatoms. The van der Waals surface area contributed by atoms with E-state index in [1.807, 2.05) is 19.1 Å². The Labute approximate surface area is 109 Å². The van der Waals surface area contributed by atoms with Crippen LogP contribution in [0.25, 0.3) is 0 Å². The fourth-order valence-corrected chi connectivity index (χ4v) is 1.83. The summed E-state index contributed by atoms with van der Waals surface area (Å²) in [4.78, 5) is 23.5. The van der Waals surface area contributed by atoms with Crippen molar-refractivity contribution in [3.05, 3.63) is 68.0 Å². The standard InChI is InChI=1S/C13H13ClN2O2/c1-2-15-7-8-16(13(18)12(15)17)9-10-3-5-11(14)6-4-10/h3-8H,2,9H2,1H3. The van der Waals surface area contributed by atoms with Gasteiger partial charge in [-0.2, -0.15) is 0 Å². The van der Waals surface area contributed by atoms with Crippen LogP contribution >= 0.6 is 11.6 Å². The minimum absolute atomic E-state index is 0.371. The van der Waals surface area contributed by atoms with E-state index in [4.69, 9.17) is 11.6 Å². The monoisotopic (exact) mass is 264 g/mol. The van der Waals surface area contributed by atoms with Crippen LogP contribution in [-0.2, 0) is 13.1 Å². The molecule has 1 heterocycles. The Morgan fingerprint density at radius 1 is 1.00 bits per heavy atom. The van der Waals surface area contributed by atoms with E-state index >= 15 is 0 Å². The Bertz CT molecular complexity index is 656. The summed E-state index contributed by atoms with van der Waals surface area (Å²) in [6.07, 6.45) is 3.25. The first-order valence-electron chi connectivity index (χ1n) is 5.66. The summed E-state index contributed by atoms with van der Waals surface area (Å²) < 4.78 is 2.79. The molecule has 2 rings (SSSR count). The summed E-state index contributed by atoms with van der Waals surface area (Å²) in [6, 6.07) is 7.19. The fraction of sp³-hybridized carbons (Fsp3) is 0.231. The van der Waals surface area contributed by atoms with Crippen LogP contribution in [0, 0.1) is 0 Å². The molecule has 0 aliphatic heterocycles. The molecule has 1 aromatic carbocycles. The van der Waals surface area contributed by atoms with Gasteiger partial charge < -0.3 is 9.13 Å². The second-order valence-electron chi connectivity index (χ2n) is 3.95. The van der Waals surface area contributed by atoms with Gasteiger partial charge in [-0.15, -0.1) is 0 Å². The molecule has 0 spiro atoms. The number of hydrogen-bond acceptors (Lipinski definition) is 2. The van der Waals surface area contributed by atoms with Crippen molar-refractivity contribution in [3.8, 4) is 0 Å². The minimum Gasteiger partial charge on any atom is -0.310 e. The molecule has 0 bridgehead atoms. The van der Waals surface area contributed by atoms with Crippen LogP contribution in [-0.4, -0.2) is 9.13 Å². The molecule has 18 heavy (non-hydrogen) atoms. The molecule has 0 atom stereocenters. The lowest BCUT2D eigenvalue weighted by atomic mass is 10.2. The summed E-state index contributed by atoms with van der Waals surface area (Å²) in [5.41, 5.74) is -0.0709. The minimum atomic E-state index is -0.505. The molecular formula is C13H13ClN2O2. The van der Waals surface area contributed by atoms with E-state index in [1.54, 1.807) is 24.5 Å². The van der Waals surface area contributed by atoms with Crippen LogP contribution < -0.4 is 11.1 Å². The SMILES string of the molecule is CCn1ccn(Cc2ccc(Cl)cc2)c(=O)c1=O. The van der Waals surface area contributed by atoms with E-state index < -0.39 is 11.1 Å². The van der Waals surface area contributed by atoms with Gasteiger partial charge in [-0.3, -0.25) is 9.59 Å². The highest BCUT2D eigenvalue weighted by molar-refractivity contribution is 6.30. The quantitative estimate of drug-likeness (QED) is 0.793. The van der Waals surface area contributed by atoms with Gasteiger partial charge in [0.2, 0.25) is 0 Å². The average Bonchev–Trinajstić information content (AvgIpc) is 2.38. The number of aryl methyl sites for hydroxylation is 1. The van der Waals surface area contributed by atoms with Crippen molar-refractivity contribution in [1.29, 1.82) is 0 Å². The summed E-state index contributed by atoms with van der Waals surface area (Å²) >= 11 is 5.79. The maximum absolute atomic E-state index is 11.8. The average molecular weight is 265 g/mol. The van der Waals surface area contributed by atoms with Gasteiger partial charge in [-0.25, -0.2) is 0 Å². The molecule has 0 aliphatic carbocycles. The van der Waals surface area contributed by atoms with E-state index in [1.165, 1.54) is 9.13 Å². The van der Waals surface area contributed by atoms with E-state index in [2.05, 4.69) is 0 Å². The van der Waals surface area contributed by atoms with E-state index in [0.29, 0.717) is 18.1 Å². The number of hydrogen-bond donors (Lipinski definition) is 0. The van der Waals surface area contributed by atoms with Gasteiger partial charge in [-0.1, -0.05) is 23.7 Å². The van der Waals surface area contributed by atoms with Crippen molar-refractivity contribution in [2.75, 3.05) is 0 Å². The molecule has 0 saturated carbocycles. The molecule has 0 unspecified atom stereocenters. The Kier molecular flexibility index (Phi) is 3.67. The zero-order valence-corrected chi connectivity index (χ0v) is 10.7. The Hall–Kier alpha value is -1.81. The molecule has 94 valence electrons. The van der Waals surface area contributed by atoms with Crippen molar-refractivity contribution in [2.45, 2.75) is 20.0 Å². The van der Waals surface area contributed by atoms with E-state index in [0.717, 1.165) is 5.56 Å². The number of benzene rings is 1. The smallest absolute Gasteiger partial charge is 0.310 e. The van der Waals surface area contributed by atoms with Crippen molar-refractivity contribution in [1.82, 2.24) is 9.13 Å². The van der Waals surface area contributed by atoms with Crippen molar-refractivity contribution >= 4 is 11.6 Å². The highest BCUT2D eigenvalue weighted by Gasteiger charge is 2.04. The molecule has 0 saturated heterocycles. The van der Waals surface area contributed by atoms with Gasteiger partial charge in [-0.05, 0) is 24.6 Å². The second-order valence-corrected chi connectivity index (χ2v) is 4.39. The Morgan fingerprint density at radius 2 is 1.56 bits per heavy atom. The van der Waals surface area contributed by atoms with Crippen LogP contribution in [0.3, 0.4) is 0 Å². The van der Waals surface area contributed by atoms with Crippen LogP contribution in [0.1, 0.15) is 12.5 Å². The van der Waals surface area contributed by atoms with Gasteiger partial charge in [0.05, 0.1) is 6.54 Å². The third kappa shape index (κ3) is 2.54. The Morgan fingerprint density at radius 3 is 2.17 bits per heavy atom. The first-order valence-corrected chi connectivity index (χ1v) is 6.04. The predicted octanol–water partition coefficient (Wildman–Crippen LogP) is 1.73. The Balaban J connectivity index is 2.36. The molecule has 2 aromatic rings. The summed E-state index contributed by atoms with van der Waals surface area (Å²) in [5, 5.41) is 0.646. The lowest BCUT2D eigenvalue weighted by Gasteiger charge is -2.07. The van der Waals surface area contributed by atoms with Crippen LogP contribution in [0.4, 0.5) is 0 Å². The molecule has 4 nitrogen and oxygen atoms in total.